The molecule has 0 radical (unpaired) electrons. The number of rotatable bonds is 76. The molecule has 0 bridgehead atoms. The largest absolute Gasteiger partial charge is 0.472 e. The summed E-state index contributed by atoms with van der Waals surface area (Å²) in [6.07, 6.45) is -5.71. The van der Waals surface area contributed by atoms with Crippen LogP contribution in [0.25, 0.3) is 11.2 Å². The Kier molecular flexibility index (Phi) is 56.8. The Hall–Kier alpha value is -7.02. The van der Waals surface area contributed by atoms with E-state index in [2.05, 4.69) is 41.8 Å². The summed E-state index contributed by atoms with van der Waals surface area (Å²) in [6.45, 7) is 3.13. The highest BCUT2D eigenvalue weighted by Crippen LogP contribution is 2.52. The quantitative estimate of drug-likeness (QED) is 0.0329. The highest BCUT2D eigenvalue weighted by atomic mass is 31.2. The fraction of sp³-hybridized carbons (Fsp3) is 0.830. The number of fused-ring (bicyclic) bond motifs is 1. The van der Waals surface area contributed by atoms with Gasteiger partial charge >= 0.3 is 15.4 Å². The van der Waals surface area contributed by atoms with Gasteiger partial charge in [0, 0.05) is 144 Å². The lowest BCUT2D eigenvalue weighted by molar-refractivity contribution is -0.270. The van der Waals surface area contributed by atoms with E-state index < -0.39 is 206 Å². The Labute approximate surface area is 844 Å². The number of amides is 6. The van der Waals surface area contributed by atoms with Gasteiger partial charge in [-0.05, 0) is 96.3 Å². The smallest absolute Gasteiger partial charge is 0.396 e. The molecule has 5 fully saturated rings. The van der Waals surface area contributed by atoms with Crippen LogP contribution in [0.4, 0.5) is 5.69 Å². The summed E-state index contributed by atoms with van der Waals surface area (Å²) < 4.78 is 103. The molecule has 5 aliphatic heterocycles. The van der Waals surface area contributed by atoms with Gasteiger partial charge in [-0.1, -0.05) is 52.4 Å². The number of carbonyl (C=O) groups is 11. The SMILES string of the molecule is CC(=O)NC1[C@H](OCCCCC(=O)CCCCCC(=O)CCOCC(COCCC(=O)CCCCCC(=O)CCCCO[C@@H]2OC(CO)[C@H](O)[C@H](O)C2NC(C)=O)(COCCC(=O)NCCCCC(=O)CCCCO[C@@H]2OC(CO)[C@H](O)[C@H](O)C2NC(C)=O)NC(=O)CCCCCCCCC(=O)N2C[C@H](O)C[C@H]2COP(=O)(O)O[C@H]2C[C@H](n3cnc4c(N)cnnc43)O[C@@H]2COP(=O)(O)C(C)C)OC(CO)[C@H](O)[C@@H]1O. The summed E-state index contributed by atoms with van der Waals surface area (Å²) in [4.78, 5) is 170. The van der Waals surface area contributed by atoms with Gasteiger partial charge in [0.05, 0.1) is 109 Å². The zero-order chi connectivity index (χ0) is 106. The molecule has 7 heterocycles. The first-order chi connectivity index (χ1) is 69.2. The number of likely N-dealkylation sites (tertiary alicyclic amines) is 1. The predicted molar refractivity (Wildman–Crippen MR) is 514 cm³/mol. The molecule has 5 saturated heterocycles. The van der Waals surface area contributed by atoms with Crippen LogP contribution in [0, 0.1) is 0 Å². The number of nitrogens with zero attached hydrogens (tertiary/aromatic N) is 5. The van der Waals surface area contributed by atoms with Crippen LogP contribution in [0.1, 0.15) is 266 Å². The van der Waals surface area contributed by atoms with Gasteiger partial charge in [-0.2, -0.15) is 5.10 Å². The molecule has 828 valence electrons. The zero-order valence-electron chi connectivity index (χ0n) is 84.0. The van der Waals surface area contributed by atoms with E-state index in [9.17, 15) is 123 Å². The number of aliphatic hydroxyl groups is 10. The number of hydrogen-bond acceptors (Lipinski definition) is 40. The number of ketones is 5. The van der Waals surface area contributed by atoms with Crippen molar-refractivity contribution in [2.45, 2.75) is 393 Å². The second-order valence-corrected chi connectivity index (χ2v) is 42.0. The predicted octanol–water partition coefficient (Wildman–Crippen LogP) is 1.39. The molecule has 19 N–H and O–H groups in total. The minimum atomic E-state index is -4.99. The van der Waals surface area contributed by atoms with Gasteiger partial charge in [-0.25, -0.2) is 9.55 Å². The van der Waals surface area contributed by atoms with Gasteiger partial charge in [-0.3, -0.25) is 70.9 Å². The van der Waals surface area contributed by atoms with E-state index in [-0.39, 0.29) is 221 Å². The van der Waals surface area contributed by atoms with Crippen molar-refractivity contribution in [1.29, 1.82) is 0 Å². The number of nitrogens with two attached hydrogens (primary N) is 1. The number of phosphoric ester groups is 1. The van der Waals surface area contributed by atoms with Crippen LogP contribution < -0.4 is 32.3 Å². The summed E-state index contributed by atoms with van der Waals surface area (Å²) >= 11 is 0. The second kappa shape index (κ2) is 65.9. The normalized spacial score (nSPS) is 26.2. The number of nitrogens with one attached hydrogen (secondary N) is 5. The minimum absolute atomic E-state index is 0.000927. The Morgan fingerprint density at radius 1 is 0.476 bits per heavy atom. The van der Waals surface area contributed by atoms with Crippen LogP contribution in [0.15, 0.2) is 12.5 Å². The third-order valence-electron chi connectivity index (χ3n) is 25.7. The van der Waals surface area contributed by atoms with Crippen molar-refractivity contribution in [3.05, 3.63) is 12.5 Å². The third-order valence-corrected chi connectivity index (χ3v) is 28.5. The van der Waals surface area contributed by atoms with E-state index >= 15 is 0 Å². The highest BCUT2D eigenvalue weighted by Gasteiger charge is 2.50. The van der Waals surface area contributed by atoms with Crippen molar-refractivity contribution in [2.75, 3.05) is 111 Å². The topological polar surface area (TPSA) is 718 Å². The number of unbranched alkanes of at least 4 members (excludes halogenated alkanes) is 13. The fourth-order valence-corrected chi connectivity index (χ4v) is 19.0. The number of β-amino-alcohol motifs (C(OH)–C–C–N with tert-alkyl or cyclic N) is 1. The Morgan fingerprint density at radius 2 is 0.876 bits per heavy atom. The lowest BCUT2D eigenvalue weighted by Crippen LogP contribution is -2.64. The molecule has 51 heteroatoms. The number of nitrogen functional groups attached to an aromatic ring is 1. The molecular formula is C94H159N11O38P2. The van der Waals surface area contributed by atoms with Crippen LogP contribution >= 0.6 is 15.4 Å². The molecule has 0 aromatic carbocycles. The molecule has 5 aliphatic rings. The number of imidazole rings is 1. The van der Waals surface area contributed by atoms with Gasteiger partial charge in [0.15, 0.2) is 24.5 Å². The summed E-state index contributed by atoms with van der Waals surface area (Å²) in [5.74, 6) is -2.91. The summed E-state index contributed by atoms with van der Waals surface area (Å²) in [7, 11) is -9.15. The summed E-state index contributed by atoms with van der Waals surface area (Å²) in [5.41, 5.74) is 4.56. The number of Topliss-reactive ketones (excluding diaryl/α,β-unsaturated/α-hetero) is 5. The average Bonchev–Trinajstić information content (AvgIpc) is 1.57. The van der Waals surface area contributed by atoms with E-state index in [0.29, 0.717) is 134 Å². The van der Waals surface area contributed by atoms with E-state index in [0.717, 1.165) is 0 Å². The van der Waals surface area contributed by atoms with Crippen LogP contribution in [0.2, 0.25) is 0 Å². The highest BCUT2D eigenvalue weighted by molar-refractivity contribution is 7.53. The van der Waals surface area contributed by atoms with E-state index in [1.54, 1.807) is 0 Å². The van der Waals surface area contributed by atoms with E-state index in [4.69, 9.17) is 66.7 Å². The second-order valence-electron chi connectivity index (χ2n) is 38.2. The molecule has 7 rings (SSSR count). The Bertz CT molecular complexity index is 4130. The molecule has 22 atom stereocenters. The summed E-state index contributed by atoms with van der Waals surface area (Å²) in [5, 5.41) is 124. The van der Waals surface area contributed by atoms with Gasteiger partial charge in [0.25, 0.3) is 0 Å². The Morgan fingerprint density at radius 3 is 1.31 bits per heavy atom. The first-order valence-electron chi connectivity index (χ1n) is 50.8. The maximum Gasteiger partial charge on any atom is 0.472 e. The van der Waals surface area contributed by atoms with Gasteiger partial charge in [0.2, 0.25) is 35.4 Å². The van der Waals surface area contributed by atoms with E-state index in [1.807, 2.05) is 0 Å². The van der Waals surface area contributed by atoms with Crippen molar-refractivity contribution < 1.29 is 184 Å². The van der Waals surface area contributed by atoms with E-state index in [1.165, 1.54) is 56.6 Å². The number of ether oxygens (including phenoxy) is 10. The molecule has 0 spiro atoms. The number of carbonyl (C=O) groups excluding carboxylic acids is 11. The fourth-order valence-electron chi connectivity index (χ4n) is 17.4. The molecule has 49 nitrogen and oxygen atoms in total. The van der Waals surface area contributed by atoms with Crippen molar-refractivity contribution in [3.63, 3.8) is 0 Å². The monoisotopic (exact) mass is 2110 g/mol. The molecule has 145 heavy (non-hydrogen) atoms. The van der Waals surface area contributed by atoms with Gasteiger partial charge in [0.1, 0.15) is 131 Å². The van der Waals surface area contributed by atoms with Crippen LogP contribution in [-0.4, -0.2) is 383 Å². The molecule has 2 aromatic heterocycles. The van der Waals surface area contributed by atoms with Crippen molar-refractivity contribution >= 4 is 96.6 Å². The van der Waals surface area contributed by atoms with Crippen molar-refractivity contribution in [1.82, 2.24) is 51.2 Å². The van der Waals surface area contributed by atoms with Crippen LogP contribution in [0.5, 0.6) is 0 Å². The molecule has 0 saturated carbocycles. The number of phosphoric acid groups is 1. The maximum atomic E-state index is 14.3. The molecular weight excluding hydrogens is 1950 g/mol. The maximum absolute atomic E-state index is 14.3. The Balaban J connectivity index is 0.908. The minimum Gasteiger partial charge on any atom is -0.396 e. The van der Waals surface area contributed by atoms with Gasteiger partial charge in [-0.15, -0.1) is 5.10 Å². The number of anilines is 1. The molecule has 2 aromatic rings. The standard InChI is InChI=1S/C94H159N11O38P2/c1-59(2)144(127,128)137-54-75-71(47-79(139-75)105-58-97-80-70(95)48-98-103-90(80)105)143-145(129,130)138-53-63-46-69(117)49-104(63)78(120)35-17-9-7-6-8-16-34-77(119)102-94(55-131-43-36-67(115)28-14-10-12-26-64(112)31-19-23-40-134-91-81(99-60(3)109)87(124)84(121)72(50-106)140-91,56-132-44-37-68(116)29-15-11-13-27-65(113)32-20-24-41-135-92-82(100-61(4)110)88(125)85(122)73(51-107)141-92)57-133-45-38-76(118)96-39-22-18-30-66(114)33-21-25-42-136-93-83(101-62(5)111)89(126)86(123)74(52-108)142-93/h48,58-59,63,69,71-75,79,81-89,91-93,106-108,117,121-126H,6-47,49-57H2,1-5H3,(H2,95,103)(H,96,118)(H,99,109)(H,100,110)(H,101,111)(H,102,119)(H,127,128)(H,129,130)/t63-,69+,71-,72?,73?,74?,75+,79+,81?,82?,83?,84-,85-,86-,87+,88+,89+,91+,92+,93+,94?/m0/s1. The number of hydrogen-bond donors (Lipinski definition) is 18. The first kappa shape index (κ1) is 125. The third kappa shape index (κ3) is 44.4. The molecule has 0 aliphatic carbocycles. The molecule has 8 unspecified atom stereocenters. The lowest BCUT2D eigenvalue weighted by atomic mass is 9.97. The lowest BCUT2D eigenvalue weighted by Gasteiger charge is -2.42. The zero-order valence-corrected chi connectivity index (χ0v) is 85.8. The van der Waals surface area contributed by atoms with Crippen molar-refractivity contribution in [2.24, 2.45) is 0 Å². The number of aromatic nitrogens is 4. The van der Waals surface area contributed by atoms with Crippen LogP contribution in [-0.2, 0) is 123 Å². The molecule has 6 amide bonds. The summed E-state index contributed by atoms with van der Waals surface area (Å²) in [6, 6.07) is -4.13. The average molecular weight is 2110 g/mol. The van der Waals surface area contributed by atoms with Gasteiger partial charge < -0.3 is 150 Å². The van der Waals surface area contributed by atoms with Crippen molar-refractivity contribution in [3.8, 4) is 0 Å². The van der Waals surface area contributed by atoms with Crippen LogP contribution in [0.3, 0.4) is 0 Å². The number of aliphatic hydroxyl groups excluding tert-OH is 10. The first-order valence-corrected chi connectivity index (χ1v) is 53.9.